The minimum absolute atomic E-state index is 0.0508. The lowest BCUT2D eigenvalue weighted by Gasteiger charge is -2.09. The third-order valence-corrected chi connectivity index (χ3v) is 4.06. The van der Waals surface area contributed by atoms with Gasteiger partial charge in [-0.3, -0.25) is 4.79 Å². The lowest BCUT2D eigenvalue weighted by atomic mass is 10.2. The van der Waals surface area contributed by atoms with Crippen molar-refractivity contribution in [2.24, 2.45) is 0 Å². The van der Waals surface area contributed by atoms with E-state index in [-0.39, 0.29) is 12.5 Å². The van der Waals surface area contributed by atoms with Crippen molar-refractivity contribution in [1.29, 1.82) is 0 Å². The Bertz CT molecular complexity index is 866. The highest BCUT2D eigenvalue weighted by Crippen LogP contribution is 2.18. The SMILES string of the molecule is O=C(COc1ccc(OCc2ccccc2)cc1)NCc1cccc(Cl)c1. The lowest BCUT2D eigenvalue weighted by molar-refractivity contribution is -0.123. The van der Waals surface area contributed by atoms with Gasteiger partial charge in [-0.25, -0.2) is 0 Å². The van der Waals surface area contributed by atoms with Gasteiger partial charge in [-0.1, -0.05) is 54.1 Å². The fraction of sp³-hybridized carbons (Fsp3) is 0.136. The van der Waals surface area contributed by atoms with Crippen LogP contribution >= 0.6 is 11.6 Å². The van der Waals surface area contributed by atoms with Crippen molar-refractivity contribution in [3.8, 4) is 11.5 Å². The second-order valence-corrected chi connectivity index (χ2v) is 6.38. The Morgan fingerprint density at radius 2 is 1.48 bits per heavy atom. The van der Waals surface area contributed by atoms with Crippen molar-refractivity contribution in [2.45, 2.75) is 13.2 Å². The number of rotatable bonds is 8. The van der Waals surface area contributed by atoms with Gasteiger partial charge >= 0.3 is 0 Å². The van der Waals surface area contributed by atoms with E-state index in [0.29, 0.717) is 23.9 Å². The maximum atomic E-state index is 11.9. The zero-order chi connectivity index (χ0) is 18.9. The molecule has 0 aromatic heterocycles. The molecule has 0 fully saturated rings. The molecule has 0 saturated carbocycles. The number of amides is 1. The van der Waals surface area contributed by atoms with Crippen molar-refractivity contribution in [3.63, 3.8) is 0 Å². The average molecular weight is 382 g/mol. The van der Waals surface area contributed by atoms with Crippen LogP contribution in [0.4, 0.5) is 0 Å². The van der Waals surface area contributed by atoms with Gasteiger partial charge < -0.3 is 14.8 Å². The van der Waals surface area contributed by atoms with E-state index in [1.165, 1.54) is 0 Å². The van der Waals surface area contributed by atoms with Gasteiger partial charge in [-0.15, -0.1) is 0 Å². The predicted octanol–water partition coefficient (Wildman–Crippen LogP) is 4.61. The van der Waals surface area contributed by atoms with Gasteiger partial charge in [0.1, 0.15) is 18.1 Å². The van der Waals surface area contributed by atoms with Crippen molar-refractivity contribution in [1.82, 2.24) is 5.32 Å². The predicted molar refractivity (Wildman–Crippen MR) is 106 cm³/mol. The van der Waals surface area contributed by atoms with Crippen LogP contribution in [0.5, 0.6) is 11.5 Å². The molecule has 3 rings (SSSR count). The summed E-state index contributed by atoms with van der Waals surface area (Å²) in [4.78, 5) is 11.9. The maximum absolute atomic E-state index is 11.9. The number of halogens is 1. The van der Waals surface area contributed by atoms with E-state index in [9.17, 15) is 4.79 Å². The van der Waals surface area contributed by atoms with Gasteiger partial charge in [0.2, 0.25) is 0 Å². The molecular weight excluding hydrogens is 362 g/mol. The summed E-state index contributed by atoms with van der Waals surface area (Å²) in [5.41, 5.74) is 2.05. The fourth-order valence-electron chi connectivity index (χ4n) is 2.42. The number of hydrogen-bond acceptors (Lipinski definition) is 3. The number of benzene rings is 3. The fourth-order valence-corrected chi connectivity index (χ4v) is 2.63. The first-order valence-electron chi connectivity index (χ1n) is 8.60. The molecule has 0 aliphatic carbocycles. The summed E-state index contributed by atoms with van der Waals surface area (Å²) in [6, 6.07) is 24.5. The highest BCUT2D eigenvalue weighted by atomic mass is 35.5. The average Bonchev–Trinajstić information content (AvgIpc) is 2.71. The van der Waals surface area contributed by atoms with Crippen LogP contribution in [-0.4, -0.2) is 12.5 Å². The van der Waals surface area contributed by atoms with E-state index in [0.717, 1.165) is 16.9 Å². The third-order valence-electron chi connectivity index (χ3n) is 3.82. The molecule has 3 aromatic carbocycles. The van der Waals surface area contributed by atoms with Gasteiger partial charge in [-0.05, 0) is 47.5 Å². The number of ether oxygens (including phenoxy) is 2. The maximum Gasteiger partial charge on any atom is 0.258 e. The standard InChI is InChI=1S/C22H20ClNO3/c23-19-8-4-7-18(13-19)14-24-22(25)16-27-21-11-9-20(10-12-21)26-15-17-5-2-1-3-6-17/h1-13H,14-16H2,(H,24,25). The van der Waals surface area contributed by atoms with Crippen LogP contribution in [0.3, 0.4) is 0 Å². The topological polar surface area (TPSA) is 47.6 Å². The molecule has 0 aliphatic rings. The molecule has 0 bridgehead atoms. The largest absolute Gasteiger partial charge is 0.489 e. The van der Waals surface area contributed by atoms with Gasteiger partial charge in [0.15, 0.2) is 6.61 Å². The van der Waals surface area contributed by atoms with Crippen molar-refractivity contribution >= 4 is 17.5 Å². The molecule has 0 radical (unpaired) electrons. The molecule has 5 heteroatoms. The van der Waals surface area contributed by atoms with E-state index in [4.69, 9.17) is 21.1 Å². The molecule has 0 aliphatic heterocycles. The van der Waals surface area contributed by atoms with E-state index in [1.54, 1.807) is 18.2 Å². The molecular formula is C22H20ClNO3. The highest BCUT2D eigenvalue weighted by Gasteiger charge is 2.04. The van der Waals surface area contributed by atoms with Crippen LogP contribution in [0.1, 0.15) is 11.1 Å². The monoisotopic (exact) mass is 381 g/mol. The van der Waals surface area contributed by atoms with Gasteiger partial charge in [-0.2, -0.15) is 0 Å². The van der Waals surface area contributed by atoms with Gasteiger partial charge in [0.25, 0.3) is 5.91 Å². The Morgan fingerprint density at radius 3 is 2.19 bits per heavy atom. The van der Waals surface area contributed by atoms with Crippen LogP contribution < -0.4 is 14.8 Å². The van der Waals surface area contributed by atoms with Crippen molar-refractivity contribution in [2.75, 3.05) is 6.61 Å². The molecule has 0 saturated heterocycles. The molecule has 0 heterocycles. The first-order valence-corrected chi connectivity index (χ1v) is 8.97. The van der Waals surface area contributed by atoms with Crippen LogP contribution in [0.15, 0.2) is 78.9 Å². The highest BCUT2D eigenvalue weighted by molar-refractivity contribution is 6.30. The molecule has 0 unspecified atom stereocenters. The molecule has 27 heavy (non-hydrogen) atoms. The minimum Gasteiger partial charge on any atom is -0.489 e. The summed E-state index contributed by atoms with van der Waals surface area (Å²) in [5.74, 6) is 1.16. The molecule has 1 N–H and O–H groups in total. The summed E-state index contributed by atoms with van der Waals surface area (Å²) >= 11 is 5.92. The van der Waals surface area contributed by atoms with Crippen molar-refractivity contribution < 1.29 is 14.3 Å². The van der Waals surface area contributed by atoms with Gasteiger partial charge in [0.05, 0.1) is 0 Å². The molecule has 0 spiro atoms. The Morgan fingerprint density at radius 1 is 0.815 bits per heavy atom. The number of carbonyl (C=O) groups is 1. The summed E-state index contributed by atoms with van der Waals surface area (Å²) < 4.78 is 11.2. The van der Waals surface area contributed by atoms with Crippen LogP contribution in [-0.2, 0) is 17.9 Å². The Balaban J connectivity index is 1.41. The molecule has 3 aromatic rings. The number of nitrogens with one attached hydrogen (secondary N) is 1. The first-order chi connectivity index (χ1) is 13.2. The van der Waals surface area contributed by atoms with Crippen molar-refractivity contribution in [3.05, 3.63) is 95.0 Å². The van der Waals surface area contributed by atoms with Crippen LogP contribution in [0.25, 0.3) is 0 Å². The number of hydrogen-bond donors (Lipinski definition) is 1. The second kappa shape index (κ2) is 9.64. The van der Waals surface area contributed by atoms with E-state index in [1.807, 2.05) is 60.7 Å². The zero-order valence-corrected chi connectivity index (χ0v) is 15.5. The Hall–Kier alpha value is -2.98. The minimum atomic E-state index is -0.195. The molecule has 0 atom stereocenters. The van der Waals surface area contributed by atoms with Crippen LogP contribution in [0, 0.1) is 0 Å². The molecule has 138 valence electrons. The quantitative estimate of drug-likeness (QED) is 0.619. The lowest BCUT2D eigenvalue weighted by Crippen LogP contribution is -2.28. The Kier molecular flexibility index (Phi) is 6.72. The zero-order valence-electron chi connectivity index (χ0n) is 14.7. The summed E-state index contributed by atoms with van der Waals surface area (Å²) in [7, 11) is 0. The summed E-state index contributed by atoms with van der Waals surface area (Å²) in [6.07, 6.45) is 0. The summed E-state index contributed by atoms with van der Waals surface area (Å²) in [6.45, 7) is 0.868. The molecule has 1 amide bonds. The molecule has 4 nitrogen and oxygen atoms in total. The van der Waals surface area contributed by atoms with E-state index < -0.39 is 0 Å². The summed E-state index contributed by atoms with van der Waals surface area (Å²) in [5, 5.41) is 3.44. The van der Waals surface area contributed by atoms with E-state index >= 15 is 0 Å². The Labute approximate surface area is 163 Å². The van der Waals surface area contributed by atoms with Gasteiger partial charge in [0, 0.05) is 11.6 Å². The normalized spacial score (nSPS) is 10.3. The third kappa shape index (κ3) is 6.35. The number of carbonyl (C=O) groups excluding carboxylic acids is 1. The second-order valence-electron chi connectivity index (χ2n) is 5.94. The first kappa shape index (κ1) is 18.8. The van der Waals surface area contributed by atoms with Crippen LogP contribution in [0.2, 0.25) is 5.02 Å². The smallest absolute Gasteiger partial charge is 0.258 e. The van der Waals surface area contributed by atoms with E-state index in [2.05, 4.69) is 5.32 Å².